The van der Waals surface area contributed by atoms with Crippen molar-refractivity contribution in [3.8, 4) is 5.75 Å². The zero-order valence-corrected chi connectivity index (χ0v) is 43.7. The average Bonchev–Trinajstić information content (AvgIpc) is 3.32. The molecule has 0 aliphatic carbocycles. The standard InChI is InChI=1S/C52H63NO20Si/c1-28-23-42(59)70-38-24-34(21-22-37(28)38)69-49-45(61)48(44(60)40(71-49)27-65-74(51(7,8)9,35-17-13-11-14-18-35)36-19-15-12-16-20-36)73-52(50(62)63-10)25-39(66-31(4)56)43(53-29(2)54)47(72-52)46(68-33(6)58)41(67-32(5)57)26-64-30(3)55/h11-24,39-41,43-49,60-61H,25-27H2,1-10H3,(H,53,54)/t39-,40+,41+,43+,44-,45+,46+,47+,48-,49+,52-/m0/s1. The van der Waals surface area contributed by atoms with Crippen molar-refractivity contribution in [3.05, 3.63) is 101 Å². The van der Waals surface area contributed by atoms with Gasteiger partial charge in [-0.3, -0.25) is 24.0 Å². The predicted octanol–water partition coefficient (Wildman–Crippen LogP) is 2.41. The first kappa shape index (κ1) is 56.8. The van der Waals surface area contributed by atoms with Gasteiger partial charge < -0.3 is 67.0 Å². The van der Waals surface area contributed by atoms with E-state index in [4.69, 9.17) is 51.5 Å². The molecule has 3 aromatic carbocycles. The Hall–Kier alpha value is -6.53. The number of nitrogens with one attached hydrogen (secondary N) is 1. The number of carbonyl (C=O) groups is 6. The summed E-state index contributed by atoms with van der Waals surface area (Å²) in [6.07, 6.45) is -17.2. The Kier molecular flexibility index (Phi) is 18.2. The van der Waals surface area contributed by atoms with Crippen molar-refractivity contribution in [1.82, 2.24) is 5.32 Å². The summed E-state index contributed by atoms with van der Waals surface area (Å²) < 4.78 is 65.9. The molecular weight excluding hydrogens is 987 g/mol. The van der Waals surface area contributed by atoms with E-state index in [1.54, 1.807) is 13.0 Å². The van der Waals surface area contributed by atoms with Gasteiger partial charge >= 0.3 is 35.5 Å². The normalized spacial score (nSPS) is 24.9. The van der Waals surface area contributed by atoms with Crippen LogP contribution in [0.5, 0.6) is 5.75 Å². The summed E-state index contributed by atoms with van der Waals surface area (Å²) in [5.41, 5.74) is 0.116. The van der Waals surface area contributed by atoms with Crippen molar-refractivity contribution in [1.29, 1.82) is 0 Å². The lowest BCUT2D eigenvalue weighted by atomic mass is 9.87. The molecular formula is C52H63NO20Si. The van der Waals surface area contributed by atoms with Gasteiger partial charge in [-0.05, 0) is 40.0 Å². The van der Waals surface area contributed by atoms with Crippen LogP contribution in [0, 0.1) is 6.92 Å². The summed E-state index contributed by atoms with van der Waals surface area (Å²) in [6, 6.07) is 23.4. The zero-order valence-electron chi connectivity index (χ0n) is 42.7. The average molecular weight is 1050 g/mol. The minimum absolute atomic E-state index is 0.0235. The summed E-state index contributed by atoms with van der Waals surface area (Å²) in [7, 11) is -2.45. The minimum Gasteiger partial charge on any atom is -0.465 e. The Bertz CT molecular complexity index is 2670. The number of ether oxygens (including phenoxy) is 9. The van der Waals surface area contributed by atoms with E-state index < -0.39 is 141 Å². The molecule has 2 aliphatic heterocycles. The molecule has 2 fully saturated rings. The largest absolute Gasteiger partial charge is 0.465 e. The number of aliphatic hydroxyl groups excluding tert-OH is 2. The second-order valence-corrected chi connectivity index (χ2v) is 23.3. The highest BCUT2D eigenvalue weighted by Crippen LogP contribution is 2.42. The van der Waals surface area contributed by atoms with Gasteiger partial charge in [0.1, 0.15) is 54.6 Å². The Morgan fingerprint density at radius 3 is 1.99 bits per heavy atom. The minimum atomic E-state index is -3.41. The third-order valence-corrected chi connectivity index (χ3v) is 17.5. The quantitative estimate of drug-likeness (QED) is 0.0558. The van der Waals surface area contributed by atoms with Crippen molar-refractivity contribution in [3.63, 3.8) is 0 Å². The number of methoxy groups -OCH3 is 1. The molecule has 6 rings (SSSR count). The zero-order chi connectivity index (χ0) is 54.3. The van der Waals surface area contributed by atoms with Gasteiger partial charge in [0.15, 0.2) is 12.2 Å². The van der Waals surface area contributed by atoms with Gasteiger partial charge in [0.25, 0.3) is 14.1 Å². The molecule has 400 valence electrons. The van der Waals surface area contributed by atoms with Crippen LogP contribution in [-0.2, 0) is 71.1 Å². The molecule has 2 aliphatic rings. The number of aryl methyl sites for hydroxylation is 1. The first-order chi connectivity index (χ1) is 34.9. The molecule has 74 heavy (non-hydrogen) atoms. The molecule has 0 radical (unpaired) electrons. The maximum atomic E-state index is 14.6. The fourth-order valence-corrected chi connectivity index (χ4v) is 14.1. The Balaban J connectivity index is 1.52. The maximum Gasteiger partial charge on any atom is 0.366 e. The van der Waals surface area contributed by atoms with Gasteiger partial charge in [0.05, 0.1) is 26.2 Å². The van der Waals surface area contributed by atoms with E-state index in [2.05, 4.69) is 5.32 Å². The molecule has 1 aromatic heterocycles. The number of aliphatic hydroxyl groups is 2. The highest BCUT2D eigenvalue weighted by Gasteiger charge is 2.62. The fourth-order valence-electron chi connectivity index (χ4n) is 9.50. The summed E-state index contributed by atoms with van der Waals surface area (Å²) in [5.74, 6) is -8.70. The lowest BCUT2D eigenvalue weighted by Gasteiger charge is -2.51. The Labute approximate surface area is 427 Å². The van der Waals surface area contributed by atoms with E-state index in [-0.39, 0.29) is 11.3 Å². The number of benzene rings is 3. The predicted molar refractivity (Wildman–Crippen MR) is 262 cm³/mol. The van der Waals surface area contributed by atoms with Crippen LogP contribution >= 0.6 is 0 Å². The smallest absolute Gasteiger partial charge is 0.366 e. The van der Waals surface area contributed by atoms with Crippen molar-refractivity contribution in [2.75, 3.05) is 20.3 Å². The van der Waals surface area contributed by atoms with E-state index in [1.165, 1.54) is 18.2 Å². The first-order valence-electron chi connectivity index (χ1n) is 23.7. The van der Waals surface area contributed by atoms with Gasteiger partial charge in [-0.1, -0.05) is 81.4 Å². The molecule has 0 spiro atoms. The molecule has 3 heterocycles. The van der Waals surface area contributed by atoms with E-state index in [9.17, 15) is 43.8 Å². The van der Waals surface area contributed by atoms with Crippen molar-refractivity contribution in [2.24, 2.45) is 0 Å². The summed E-state index contributed by atoms with van der Waals surface area (Å²) in [4.78, 5) is 90.5. The molecule has 0 saturated carbocycles. The van der Waals surface area contributed by atoms with Crippen LogP contribution < -0.4 is 26.1 Å². The van der Waals surface area contributed by atoms with E-state index >= 15 is 0 Å². The van der Waals surface area contributed by atoms with E-state index in [0.29, 0.717) is 10.9 Å². The molecule has 4 aromatic rings. The summed E-state index contributed by atoms with van der Waals surface area (Å²) in [6.45, 7) is 11.9. The second-order valence-electron chi connectivity index (χ2n) is 19.0. The number of hydrogen-bond donors (Lipinski definition) is 3. The first-order valence-corrected chi connectivity index (χ1v) is 25.6. The van der Waals surface area contributed by atoms with Gasteiger partial charge in [-0.15, -0.1) is 0 Å². The molecule has 1 amide bonds. The van der Waals surface area contributed by atoms with Crippen LogP contribution in [-0.4, -0.2) is 142 Å². The highest BCUT2D eigenvalue weighted by atomic mass is 28.4. The topological polar surface area (TPSA) is 277 Å². The Morgan fingerprint density at radius 1 is 0.824 bits per heavy atom. The molecule has 3 N–H and O–H groups in total. The van der Waals surface area contributed by atoms with Gasteiger partial charge in [-0.2, -0.15) is 0 Å². The number of amides is 1. The van der Waals surface area contributed by atoms with Crippen molar-refractivity contribution in [2.45, 2.75) is 141 Å². The highest BCUT2D eigenvalue weighted by molar-refractivity contribution is 6.99. The molecule has 0 bridgehead atoms. The van der Waals surface area contributed by atoms with E-state index in [1.807, 2.05) is 81.4 Å². The van der Waals surface area contributed by atoms with Gasteiger partial charge in [0, 0.05) is 52.1 Å². The second kappa shape index (κ2) is 23.8. The van der Waals surface area contributed by atoms with Crippen LogP contribution in [0.4, 0.5) is 0 Å². The maximum absolute atomic E-state index is 14.6. The molecule has 21 nitrogen and oxygen atoms in total. The third kappa shape index (κ3) is 12.9. The van der Waals surface area contributed by atoms with E-state index in [0.717, 1.165) is 52.1 Å². The lowest BCUT2D eigenvalue weighted by molar-refractivity contribution is -0.364. The molecule has 0 unspecified atom stereocenters. The molecule has 22 heteroatoms. The number of carbonyl (C=O) groups excluding carboxylic acids is 6. The SMILES string of the molecule is COC(=O)[C@@]1(O[C@H]2[C@@H](O)[C@@H](CO[Si](c3ccccc3)(c3ccccc3)C(C)(C)C)O[C@@H](Oc3ccc4c(C)cc(=O)oc4c3)[C@@H]2O)C[C@H](OC(C)=O)[C@@H](NC(C)=O)[C@H]([C@H](OC(C)=O)[C@@H](COC(C)=O)OC(C)=O)O1. The van der Waals surface area contributed by atoms with Crippen LogP contribution in [0.15, 0.2) is 94.1 Å². The molecule has 2 saturated heterocycles. The fraction of sp³-hybridized carbons (Fsp3) is 0.481. The summed E-state index contributed by atoms with van der Waals surface area (Å²) in [5, 5.41) is 29.4. The van der Waals surface area contributed by atoms with Crippen LogP contribution in [0.1, 0.15) is 67.4 Å². The van der Waals surface area contributed by atoms with Crippen LogP contribution in [0.2, 0.25) is 5.04 Å². The number of hydrogen-bond acceptors (Lipinski definition) is 20. The van der Waals surface area contributed by atoms with Crippen molar-refractivity contribution >= 4 is 65.4 Å². The Morgan fingerprint density at radius 2 is 1.45 bits per heavy atom. The van der Waals surface area contributed by atoms with Gasteiger partial charge in [-0.25, -0.2) is 9.59 Å². The summed E-state index contributed by atoms with van der Waals surface area (Å²) >= 11 is 0. The lowest BCUT2D eigenvalue weighted by Crippen LogP contribution is -2.72. The number of esters is 5. The van der Waals surface area contributed by atoms with Crippen molar-refractivity contribution < 1.29 is 90.5 Å². The number of rotatable bonds is 18. The molecule has 11 atom stereocenters. The van der Waals surface area contributed by atoms with Gasteiger partial charge in [0.2, 0.25) is 12.2 Å². The third-order valence-electron chi connectivity index (χ3n) is 12.5. The van der Waals surface area contributed by atoms with Crippen LogP contribution in [0.3, 0.4) is 0 Å². The monoisotopic (exact) mass is 1050 g/mol. The number of fused-ring (bicyclic) bond motifs is 1. The van der Waals surface area contributed by atoms with Crippen LogP contribution in [0.25, 0.3) is 11.0 Å².